The molecule has 5 heterocycles. The SMILES string of the molecule is CCn1c(-c2cccnc2[C@H](C)OC)c2c3cc(ccc31)-c1cccc(c1)C[C@H](NC(=O)[C@H](C(C)C)N(C)C(=O)[C@H]1CCN(C(=O)C#CCCC(F)(F)CN)C1)C(=O)N1CCC[C@H](N1)C(=O)OCC(C)(C)C2. The number of likely N-dealkylation sites (tertiary alicyclic amines) is 1. The van der Waals surface area contributed by atoms with Crippen molar-refractivity contribution in [1.29, 1.82) is 0 Å². The van der Waals surface area contributed by atoms with Gasteiger partial charge in [-0.25, -0.2) is 14.2 Å². The maximum Gasteiger partial charge on any atom is 0.324 e. The molecule has 2 saturated heterocycles. The molecule has 72 heavy (non-hydrogen) atoms. The summed E-state index contributed by atoms with van der Waals surface area (Å²) in [5.41, 5.74) is 15.3. The molecule has 17 heteroatoms. The largest absolute Gasteiger partial charge is 0.464 e. The summed E-state index contributed by atoms with van der Waals surface area (Å²) in [6.07, 6.45) is 2.67. The number of cyclic esters (lactones) is 1. The number of nitrogens with zero attached hydrogens (tertiary/aromatic N) is 5. The molecule has 0 saturated carbocycles. The van der Waals surface area contributed by atoms with Gasteiger partial charge in [0.2, 0.25) is 11.8 Å². The highest BCUT2D eigenvalue weighted by atomic mass is 19.3. The van der Waals surface area contributed by atoms with Gasteiger partial charge in [0, 0.05) is 87.7 Å². The standard InChI is InChI=1S/C55H70F2N8O7/c1-9-64-45-21-20-38-29-41(45)42(49(64)40-17-13-24-59-47(40)35(4)71-8)30-54(5,6)33-72-53(70)43-18-14-25-65(61-43)52(69)44(28-36-15-12-16-37(38)27-36)60-50(67)48(34(2)3)62(7)51(68)39-22-26-63(31-39)46(66)19-10-11-23-55(56,57)32-58/h12-13,15-17,20-21,24,27,29,34-35,39,43-44,48,61H,9,11,14,18,22-23,25-26,28,30-33,58H2,1-8H3,(H,60,67)/t35-,39-,43-,44-,48-/m0/s1. The molecule has 2 aromatic carbocycles. The summed E-state index contributed by atoms with van der Waals surface area (Å²) >= 11 is 0. The van der Waals surface area contributed by atoms with Gasteiger partial charge in [-0.1, -0.05) is 63.9 Å². The van der Waals surface area contributed by atoms with Gasteiger partial charge in [0.25, 0.3) is 17.7 Å². The summed E-state index contributed by atoms with van der Waals surface area (Å²) in [4.78, 5) is 77.9. The highest BCUT2D eigenvalue weighted by Crippen LogP contribution is 2.42. The number of nitrogens with two attached hydrogens (primary N) is 1. The maximum absolute atomic E-state index is 14.8. The zero-order valence-corrected chi connectivity index (χ0v) is 42.9. The van der Waals surface area contributed by atoms with Gasteiger partial charge >= 0.3 is 5.97 Å². The van der Waals surface area contributed by atoms with E-state index >= 15 is 0 Å². The van der Waals surface area contributed by atoms with Gasteiger partial charge < -0.3 is 34.9 Å². The molecule has 0 unspecified atom stereocenters. The van der Waals surface area contributed by atoms with Gasteiger partial charge in [-0.2, -0.15) is 0 Å². The van der Waals surface area contributed by atoms with Crippen molar-refractivity contribution in [1.82, 2.24) is 35.1 Å². The van der Waals surface area contributed by atoms with Crippen molar-refractivity contribution in [2.24, 2.45) is 23.0 Å². The topological polar surface area (TPSA) is 181 Å². The molecule has 7 rings (SSSR count). The Morgan fingerprint density at radius 1 is 1.07 bits per heavy atom. The van der Waals surface area contributed by atoms with Crippen LogP contribution in [0, 0.1) is 29.1 Å². The summed E-state index contributed by atoms with van der Waals surface area (Å²) in [7, 11) is 3.22. The Kier molecular flexibility index (Phi) is 16.9. The lowest BCUT2D eigenvalue weighted by atomic mass is 9.84. The second kappa shape index (κ2) is 22.7. The molecule has 2 fully saturated rings. The molecule has 3 aliphatic rings. The van der Waals surface area contributed by atoms with Crippen molar-refractivity contribution < 1.29 is 42.2 Å². The molecule has 5 atom stereocenters. The lowest BCUT2D eigenvalue weighted by Crippen LogP contribution is -2.62. The molecule has 3 aliphatic heterocycles. The van der Waals surface area contributed by atoms with E-state index in [1.54, 1.807) is 20.4 Å². The maximum atomic E-state index is 14.8. The van der Waals surface area contributed by atoms with Crippen LogP contribution in [0.5, 0.6) is 0 Å². The number of alkyl halides is 2. The molecular weight excluding hydrogens is 923 g/mol. The quantitative estimate of drug-likeness (QED) is 0.105. The number of likely N-dealkylation sites (N-methyl/N-ethyl adjacent to an activating group) is 1. The van der Waals surface area contributed by atoms with Crippen LogP contribution in [0.3, 0.4) is 0 Å². The number of methoxy groups -OCH3 is 1. The number of hydrazine groups is 1. The first-order valence-electron chi connectivity index (χ1n) is 25.2. The number of pyridine rings is 1. The van der Waals surface area contributed by atoms with Crippen LogP contribution >= 0.6 is 0 Å². The fraction of sp³-hybridized carbons (Fsp3) is 0.527. The fourth-order valence-electron chi connectivity index (χ4n) is 10.3. The van der Waals surface area contributed by atoms with Crippen LogP contribution in [0.2, 0.25) is 0 Å². The van der Waals surface area contributed by atoms with Crippen molar-refractivity contribution in [3.63, 3.8) is 0 Å². The summed E-state index contributed by atoms with van der Waals surface area (Å²) in [5, 5.41) is 5.48. The second-order valence-electron chi connectivity index (χ2n) is 20.6. The molecule has 4 N–H and O–H groups in total. The Labute approximate surface area is 421 Å². The minimum Gasteiger partial charge on any atom is -0.464 e. The number of nitrogens with one attached hydrogen (secondary N) is 2. The highest BCUT2D eigenvalue weighted by Gasteiger charge is 2.40. The normalized spacial score (nSPS) is 20.3. The number of benzene rings is 2. The van der Waals surface area contributed by atoms with E-state index in [1.807, 2.05) is 51.1 Å². The van der Waals surface area contributed by atoms with E-state index in [2.05, 4.69) is 72.2 Å². The molecule has 386 valence electrons. The average Bonchev–Trinajstić information content (AvgIpc) is 3.98. The van der Waals surface area contributed by atoms with Crippen LogP contribution in [0.15, 0.2) is 60.8 Å². The van der Waals surface area contributed by atoms with Gasteiger partial charge in [-0.15, -0.1) is 0 Å². The summed E-state index contributed by atoms with van der Waals surface area (Å²) in [6.45, 7) is 12.5. The third kappa shape index (κ3) is 12.0. The first-order chi connectivity index (χ1) is 34.3. The van der Waals surface area contributed by atoms with E-state index in [0.29, 0.717) is 32.2 Å². The number of hydrogen-bond acceptors (Lipinski definition) is 10. The number of carbonyl (C=O) groups excluding carboxylic acids is 5. The molecule has 15 nitrogen and oxygen atoms in total. The lowest BCUT2D eigenvalue weighted by molar-refractivity contribution is -0.155. The molecule has 2 aromatic heterocycles. The monoisotopic (exact) mass is 993 g/mol. The van der Waals surface area contributed by atoms with Crippen LogP contribution in [-0.2, 0) is 52.8 Å². The van der Waals surface area contributed by atoms with Gasteiger partial charge in [0.1, 0.15) is 18.1 Å². The van der Waals surface area contributed by atoms with Crippen LogP contribution < -0.4 is 16.5 Å². The highest BCUT2D eigenvalue weighted by molar-refractivity contribution is 5.97. The number of esters is 1. The molecular formula is C55H70F2N8O7. The number of hydrogen-bond donors (Lipinski definition) is 3. The number of rotatable bonds is 12. The molecule has 0 aliphatic carbocycles. The van der Waals surface area contributed by atoms with Crippen LogP contribution in [0.25, 0.3) is 33.3 Å². The second-order valence-corrected chi connectivity index (χ2v) is 20.6. The third-order valence-corrected chi connectivity index (χ3v) is 14.2. The summed E-state index contributed by atoms with van der Waals surface area (Å²) < 4.78 is 41.4. The molecule has 4 amide bonds. The Balaban J connectivity index is 1.21. The summed E-state index contributed by atoms with van der Waals surface area (Å²) in [6, 6.07) is 15.4. The van der Waals surface area contributed by atoms with E-state index in [9.17, 15) is 32.8 Å². The van der Waals surface area contributed by atoms with Gasteiger partial charge in [-0.05, 0) is 97.9 Å². The zero-order valence-electron chi connectivity index (χ0n) is 42.9. The fourth-order valence-corrected chi connectivity index (χ4v) is 10.3. The van der Waals surface area contributed by atoms with E-state index in [4.69, 9.17) is 20.2 Å². The van der Waals surface area contributed by atoms with Crippen LogP contribution in [0.4, 0.5) is 8.78 Å². The van der Waals surface area contributed by atoms with Gasteiger partial charge in [0.15, 0.2) is 0 Å². The predicted octanol–water partition coefficient (Wildman–Crippen LogP) is 6.46. The Morgan fingerprint density at radius 2 is 1.83 bits per heavy atom. The number of ether oxygens (including phenoxy) is 2. The first kappa shape index (κ1) is 53.6. The minimum absolute atomic E-state index is 0.0558. The molecule has 4 aromatic rings. The van der Waals surface area contributed by atoms with Crippen molar-refractivity contribution in [2.75, 3.05) is 46.9 Å². The Bertz CT molecular complexity index is 2730. The minimum atomic E-state index is -3.07. The van der Waals surface area contributed by atoms with Crippen molar-refractivity contribution in [2.45, 2.75) is 123 Å². The third-order valence-electron chi connectivity index (χ3n) is 14.2. The van der Waals surface area contributed by atoms with Crippen molar-refractivity contribution in [3.8, 4) is 34.2 Å². The molecule has 6 bridgehead atoms. The zero-order chi connectivity index (χ0) is 52.1. The number of amides is 4. The van der Waals surface area contributed by atoms with Crippen LogP contribution in [0.1, 0.15) is 96.6 Å². The molecule has 0 radical (unpaired) electrons. The number of aryl methyl sites for hydroxylation is 1. The van der Waals surface area contributed by atoms with Crippen molar-refractivity contribution in [3.05, 3.63) is 77.6 Å². The van der Waals surface area contributed by atoms with Crippen LogP contribution in [-0.4, -0.2) is 125 Å². The Hall–Kier alpha value is -6.22. The van der Waals surface area contributed by atoms with Gasteiger partial charge in [-0.3, -0.25) is 34.0 Å². The number of halogens is 2. The van der Waals surface area contributed by atoms with E-state index < -0.39 is 72.0 Å². The van der Waals surface area contributed by atoms with E-state index in [1.165, 1.54) is 14.8 Å². The van der Waals surface area contributed by atoms with Crippen molar-refractivity contribution >= 4 is 40.5 Å². The van der Waals surface area contributed by atoms with E-state index in [-0.39, 0.29) is 57.0 Å². The number of fused-ring (bicyclic) bond motifs is 6. The first-order valence-corrected chi connectivity index (χ1v) is 25.2. The van der Waals surface area contributed by atoms with Gasteiger partial charge in [0.05, 0.1) is 36.6 Å². The lowest BCUT2D eigenvalue weighted by Gasteiger charge is -2.37. The predicted molar refractivity (Wildman–Crippen MR) is 271 cm³/mol. The molecule has 0 spiro atoms. The smallest absolute Gasteiger partial charge is 0.324 e. The number of carbonyl (C=O) groups is 5. The average molecular weight is 993 g/mol. The number of aromatic nitrogens is 2. The van der Waals surface area contributed by atoms with E-state index in [0.717, 1.165) is 50.1 Å². The summed E-state index contributed by atoms with van der Waals surface area (Å²) in [5.74, 6) is -1.56. The Morgan fingerprint density at radius 3 is 2.56 bits per heavy atom.